The summed E-state index contributed by atoms with van der Waals surface area (Å²) >= 11 is 5.77. The zero-order chi connectivity index (χ0) is 14.0. The minimum atomic E-state index is -0.234. The third-order valence-corrected chi connectivity index (χ3v) is 2.86. The Kier molecular flexibility index (Phi) is 3.76. The SMILES string of the molecule is Cc1cc(C(=O)Nc2ccc(Cl)nc2C)c(C)nn1. The highest BCUT2D eigenvalue weighted by Crippen LogP contribution is 2.17. The van der Waals surface area contributed by atoms with Gasteiger partial charge in [-0.25, -0.2) is 4.98 Å². The van der Waals surface area contributed by atoms with E-state index in [4.69, 9.17) is 11.6 Å². The first-order valence-electron chi connectivity index (χ1n) is 5.73. The molecule has 19 heavy (non-hydrogen) atoms. The molecule has 0 aliphatic carbocycles. The molecule has 2 aromatic rings. The number of amides is 1. The molecule has 5 nitrogen and oxygen atoms in total. The van der Waals surface area contributed by atoms with Crippen molar-refractivity contribution in [3.05, 3.63) is 46.0 Å². The van der Waals surface area contributed by atoms with E-state index in [1.54, 1.807) is 39.0 Å². The van der Waals surface area contributed by atoms with E-state index in [9.17, 15) is 4.79 Å². The number of hydrogen-bond acceptors (Lipinski definition) is 4. The van der Waals surface area contributed by atoms with Crippen LogP contribution in [-0.2, 0) is 0 Å². The van der Waals surface area contributed by atoms with E-state index in [0.29, 0.717) is 33.5 Å². The molecule has 0 aromatic carbocycles. The fourth-order valence-electron chi connectivity index (χ4n) is 1.63. The summed E-state index contributed by atoms with van der Waals surface area (Å²) in [5.74, 6) is -0.234. The molecule has 0 spiro atoms. The maximum atomic E-state index is 12.2. The molecule has 2 aromatic heterocycles. The van der Waals surface area contributed by atoms with Gasteiger partial charge >= 0.3 is 0 Å². The molecule has 0 radical (unpaired) electrons. The molecule has 0 bridgehead atoms. The number of aryl methyl sites for hydroxylation is 3. The van der Waals surface area contributed by atoms with Crippen LogP contribution in [-0.4, -0.2) is 21.1 Å². The summed E-state index contributed by atoms with van der Waals surface area (Å²) in [4.78, 5) is 16.3. The first kappa shape index (κ1) is 13.4. The molecule has 6 heteroatoms. The van der Waals surface area contributed by atoms with Gasteiger partial charge in [-0.15, -0.1) is 0 Å². The van der Waals surface area contributed by atoms with Gasteiger partial charge in [-0.1, -0.05) is 11.6 Å². The van der Waals surface area contributed by atoms with Gasteiger partial charge in [0.05, 0.1) is 28.3 Å². The topological polar surface area (TPSA) is 67.8 Å². The Morgan fingerprint density at radius 1 is 1.16 bits per heavy atom. The summed E-state index contributed by atoms with van der Waals surface area (Å²) in [6, 6.07) is 5.06. The third-order valence-electron chi connectivity index (χ3n) is 2.65. The molecule has 0 fully saturated rings. The average molecular weight is 277 g/mol. The van der Waals surface area contributed by atoms with Crippen molar-refractivity contribution in [2.75, 3.05) is 5.32 Å². The van der Waals surface area contributed by atoms with Gasteiger partial charge in [0.15, 0.2) is 0 Å². The minimum Gasteiger partial charge on any atom is -0.320 e. The first-order chi connectivity index (χ1) is 8.97. The standard InChI is InChI=1S/C13H13ClN4O/c1-7-6-10(8(2)18-17-7)13(19)16-11-4-5-12(14)15-9(11)3/h4-6H,1-3H3,(H,16,19). The smallest absolute Gasteiger partial charge is 0.257 e. The van der Waals surface area contributed by atoms with Gasteiger partial charge in [-0.3, -0.25) is 4.79 Å². The Bertz CT molecular complexity index is 643. The van der Waals surface area contributed by atoms with Crippen LogP contribution >= 0.6 is 11.6 Å². The van der Waals surface area contributed by atoms with Gasteiger partial charge in [0.1, 0.15) is 5.15 Å². The maximum absolute atomic E-state index is 12.2. The number of carbonyl (C=O) groups excluding carboxylic acids is 1. The summed E-state index contributed by atoms with van der Waals surface area (Å²) in [6.07, 6.45) is 0. The van der Waals surface area contributed by atoms with E-state index in [0.717, 1.165) is 0 Å². The summed E-state index contributed by atoms with van der Waals surface area (Å²) in [7, 11) is 0. The Hall–Kier alpha value is -2.01. The second-order valence-corrected chi connectivity index (χ2v) is 4.59. The van der Waals surface area contributed by atoms with Gasteiger partial charge in [-0.05, 0) is 39.0 Å². The summed E-state index contributed by atoms with van der Waals surface area (Å²) in [5.41, 5.74) is 3.08. The molecule has 0 unspecified atom stereocenters. The lowest BCUT2D eigenvalue weighted by Crippen LogP contribution is -2.16. The van der Waals surface area contributed by atoms with Gasteiger partial charge < -0.3 is 5.32 Å². The quantitative estimate of drug-likeness (QED) is 0.857. The van der Waals surface area contributed by atoms with Crippen LogP contribution < -0.4 is 5.32 Å². The van der Waals surface area contributed by atoms with E-state index in [2.05, 4.69) is 20.5 Å². The molecule has 0 aliphatic heterocycles. The van der Waals surface area contributed by atoms with Crippen molar-refractivity contribution >= 4 is 23.2 Å². The number of nitrogens with one attached hydrogen (secondary N) is 1. The van der Waals surface area contributed by atoms with Crippen molar-refractivity contribution in [1.82, 2.24) is 15.2 Å². The number of halogens is 1. The zero-order valence-corrected chi connectivity index (χ0v) is 11.6. The molecule has 2 rings (SSSR count). The number of carbonyl (C=O) groups is 1. The first-order valence-corrected chi connectivity index (χ1v) is 6.10. The number of hydrogen-bond donors (Lipinski definition) is 1. The fourth-order valence-corrected chi connectivity index (χ4v) is 1.82. The van der Waals surface area contributed by atoms with E-state index >= 15 is 0 Å². The second-order valence-electron chi connectivity index (χ2n) is 4.21. The molecule has 98 valence electrons. The number of pyridine rings is 1. The van der Waals surface area contributed by atoms with Crippen molar-refractivity contribution in [2.24, 2.45) is 0 Å². The highest BCUT2D eigenvalue weighted by atomic mass is 35.5. The van der Waals surface area contributed by atoms with Gasteiger partial charge in [0.2, 0.25) is 0 Å². The molecule has 0 saturated carbocycles. The molecular weight excluding hydrogens is 264 g/mol. The molecule has 1 amide bonds. The van der Waals surface area contributed by atoms with Crippen LogP contribution in [0.25, 0.3) is 0 Å². The van der Waals surface area contributed by atoms with Crippen LogP contribution in [0.1, 0.15) is 27.4 Å². The normalized spacial score (nSPS) is 10.3. The molecule has 2 heterocycles. The van der Waals surface area contributed by atoms with Crippen LogP contribution in [0, 0.1) is 20.8 Å². The van der Waals surface area contributed by atoms with Gasteiger partial charge in [0.25, 0.3) is 5.91 Å². The third kappa shape index (κ3) is 3.06. The fraction of sp³-hybridized carbons (Fsp3) is 0.231. The Morgan fingerprint density at radius 3 is 2.58 bits per heavy atom. The minimum absolute atomic E-state index is 0.234. The van der Waals surface area contributed by atoms with E-state index in [1.165, 1.54) is 0 Å². The zero-order valence-electron chi connectivity index (χ0n) is 10.9. The predicted molar refractivity (Wildman–Crippen MR) is 73.4 cm³/mol. The van der Waals surface area contributed by atoms with Crippen molar-refractivity contribution in [3.8, 4) is 0 Å². The number of anilines is 1. The lowest BCUT2D eigenvalue weighted by Gasteiger charge is -2.09. The van der Waals surface area contributed by atoms with Crippen molar-refractivity contribution < 1.29 is 4.79 Å². The largest absolute Gasteiger partial charge is 0.320 e. The number of aromatic nitrogens is 3. The Labute approximate surface area is 116 Å². The van der Waals surface area contributed by atoms with Crippen LogP contribution in [0.2, 0.25) is 5.15 Å². The number of nitrogens with zero attached hydrogens (tertiary/aromatic N) is 3. The molecule has 0 aliphatic rings. The van der Waals surface area contributed by atoms with Crippen LogP contribution in [0.4, 0.5) is 5.69 Å². The van der Waals surface area contributed by atoms with Gasteiger partial charge in [0, 0.05) is 0 Å². The average Bonchev–Trinajstić information content (AvgIpc) is 2.35. The lowest BCUT2D eigenvalue weighted by molar-refractivity contribution is 0.102. The predicted octanol–water partition coefficient (Wildman–Crippen LogP) is 2.70. The van der Waals surface area contributed by atoms with Crippen LogP contribution in [0.3, 0.4) is 0 Å². The molecular formula is C13H13ClN4O. The summed E-state index contributed by atoms with van der Waals surface area (Å²) < 4.78 is 0. The van der Waals surface area contributed by atoms with E-state index in [-0.39, 0.29) is 5.91 Å². The van der Waals surface area contributed by atoms with Crippen LogP contribution in [0.5, 0.6) is 0 Å². The van der Waals surface area contributed by atoms with Gasteiger partial charge in [-0.2, -0.15) is 10.2 Å². The summed E-state index contributed by atoms with van der Waals surface area (Å²) in [6.45, 7) is 5.32. The van der Waals surface area contributed by atoms with Crippen molar-refractivity contribution in [3.63, 3.8) is 0 Å². The second kappa shape index (κ2) is 5.32. The Morgan fingerprint density at radius 2 is 1.89 bits per heavy atom. The Balaban J connectivity index is 2.28. The highest BCUT2D eigenvalue weighted by molar-refractivity contribution is 6.29. The van der Waals surface area contributed by atoms with E-state index in [1.807, 2.05) is 0 Å². The monoisotopic (exact) mass is 276 g/mol. The van der Waals surface area contributed by atoms with Crippen molar-refractivity contribution in [2.45, 2.75) is 20.8 Å². The molecule has 1 N–H and O–H groups in total. The van der Waals surface area contributed by atoms with Crippen molar-refractivity contribution in [1.29, 1.82) is 0 Å². The summed E-state index contributed by atoms with van der Waals surface area (Å²) in [5, 5.41) is 11.0. The highest BCUT2D eigenvalue weighted by Gasteiger charge is 2.12. The number of rotatable bonds is 2. The lowest BCUT2D eigenvalue weighted by atomic mass is 10.2. The maximum Gasteiger partial charge on any atom is 0.257 e. The van der Waals surface area contributed by atoms with Crippen LogP contribution in [0.15, 0.2) is 18.2 Å². The molecule has 0 saturated heterocycles. The molecule has 0 atom stereocenters. The van der Waals surface area contributed by atoms with E-state index < -0.39 is 0 Å².